The quantitative estimate of drug-likeness (QED) is 0.734. The highest BCUT2D eigenvalue weighted by atomic mass is 19.1. The van der Waals surface area contributed by atoms with Crippen LogP contribution >= 0.6 is 0 Å². The van der Waals surface area contributed by atoms with Crippen LogP contribution in [0, 0.1) is 5.82 Å². The van der Waals surface area contributed by atoms with E-state index in [1.54, 1.807) is 0 Å². The zero-order chi connectivity index (χ0) is 10.1. The van der Waals surface area contributed by atoms with Crippen molar-refractivity contribution in [2.24, 2.45) is 0 Å². The van der Waals surface area contributed by atoms with Gasteiger partial charge in [0.05, 0.1) is 0 Å². The molecule has 4 heteroatoms. The summed E-state index contributed by atoms with van der Waals surface area (Å²) in [6.07, 6.45) is 3.10. The van der Waals surface area contributed by atoms with Gasteiger partial charge in [0.2, 0.25) is 0 Å². The van der Waals surface area contributed by atoms with Crippen LogP contribution in [-0.2, 0) is 0 Å². The number of rotatable bonds is 1. The first-order valence-electron chi connectivity index (χ1n) is 4.77. The molecule has 0 aromatic carbocycles. The molecule has 0 bridgehead atoms. The molecule has 1 aliphatic heterocycles. The fourth-order valence-electron chi connectivity index (χ4n) is 2.02. The Morgan fingerprint density at radius 2 is 2.43 bits per heavy atom. The number of likely N-dealkylation sites (tertiary alicyclic amines) is 1. The van der Waals surface area contributed by atoms with Crippen molar-refractivity contribution in [1.29, 1.82) is 0 Å². The second kappa shape index (κ2) is 3.53. The molecule has 1 aromatic heterocycles. The molecule has 2 rings (SSSR count). The molecule has 1 unspecified atom stereocenters. The Labute approximate surface area is 81.6 Å². The lowest BCUT2D eigenvalue weighted by Crippen LogP contribution is -2.24. The highest BCUT2D eigenvalue weighted by Gasteiger charge is 2.24. The van der Waals surface area contributed by atoms with Gasteiger partial charge in [-0.2, -0.15) is 0 Å². The molecular weight excluding hydrogens is 183 g/mol. The van der Waals surface area contributed by atoms with E-state index < -0.39 is 0 Å². The van der Waals surface area contributed by atoms with Crippen molar-refractivity contribution in [2.45, 2.75) is 18.9 Å². The van der Waals surface area contributed by atoms with Gasteiger partial charge in [-0.25, -0.2) is 4.39 Å². The van der Waals surface area contributed by atoms with Crippen LogP contribution in [0.25, 0.3) is 0 Å². The summed E-state index contributed by atoms with van der Waals surface area (Å²) in [5.74, 6) is -0.375. The number of hydrogen-bond donors (Lipinski definition) is 1. The van der Waals surface area contributed by atoms with Crippen molar-refractivity contribution in [2.75, 3.05) is 13.6 Å². The Balaban J connectivity index is 2.40. The zero-order valence-electron chi connectivity index (χ0n) is 8.09. The molecule has 0 amide bonds. The first-order chi connectivity index (χ1) is 6.68. The molecule has 0 radical (unpaired) electrons. The van der Waals surface area contributed by atoms with Crippen LogP contribution < -0.4 is 5.56 Å². The Morgan fingerprint density at radius 3 is 3.07 bits per heavy atom. The maximum atomic E-state index is 12.9. The van der Waals surface area contributed by atoms with Gasteiger partial charge >= 0.3 is 0 Å². The number of aromatic nitrogens is 1. The summed E-state index contributed by atoms with van der Waals surface area (Å²) in [4.78, 5) is 16.0. The molecule has 14 heavy (non-hydrogen) atoms. The normalized spacial score (nSPS) is 22.9. The fourth-order valence-corrected chi connectivity index (χ4v) is 2.02. The SMILES string of the molecule is CN1CCCC1c1cc(F)c[nH]c1=O. The van der Waals surface area contributed by atoms with E-state index in [1.807, 2.05) is 7.05 Å². The lowest BCUT2D eigenvalue weighted by Gasteiger charge is -2.18. The molecule has 1 aromatic rings. The van der Waals surface area contributed by atoms with Crippen LogP contribution in [0.2, 0.25) is 0 Å². The third-order valence-corrected chi connectivity index (χ3v) is 2.78. The first kappa shape index (κ1) is 9.40. The van der Waals surface area contributed by atoms with Gasteiger partial charge < -0.3 is 4.98 Å². The zero-order valence-corrected chi connectivity index (χ0v) is 8.09. The van der Waals surface area contributed by atoms with Gasteiger partial charge in [0.25, 0.3) is 5.56 Å². The lowest BCUT2D eigenvalue weighted by atomic mass is 10.1. The van der Waals surface area contributed by atoms with Crippen LogP contribution in [0.15, 0.2) is 17.1 Å². The Morgan fingerprint density at radius 1 is 1.64 bits per heavy atom. The van der Waals surface area contributed by atoms with Crippen LogP contribution in [0.4, 0.5) is 4.39 Å². The molecule has 1 aliphatic rings. The minimum atomic E-state index is -0.375. The number of aromatic amines is 1. The summed E-state index contributed by atoms with van der Waals surface area (Å²) >= 11 is 0. The molecule has 0 spiro atoms. The minimum Gasteiger partial charge on any atom is -0.326 e. The summed E-state index contributed by atoms with van der Waals surface area (Å²) in [5.41, 5.74) is 0.371. The van der Waals surface area contributed by atoms with Crippen LogP contribution in [-0.4, -0.2) is 23.5 Å². The van der Waals surface area contributed by atoms with Crippen LogP contribution in [0.1, 0.15) is 24.4 Å². The number of H-pyrrole nitrogens is 1. The molecular formula is C10H13FN2O. The first-order valence-corrected chi connectivity index (χ1v) is 4.77. The maximum Gasteiger partial charge on any atom is 0.252 e. The largest absolute Gasteiger partial charge is 0.326 e. The van der Waals surface area contributed by atoms with Crippen molar-refractivity contribution in [3.8, 4) is 0 Å². The Kier molecular flexibility index (Phi) is 2.37. The van der Waals surface area contributed by atoms with Gasteiger partial charge in [-0.3, -0.25) is 9.69 Å². The summed E-state index contributed by atoms with van der Waals surface area (Å²) in [6.45, 7) is 0.973. The number of hydrogen-bond acceptors (Lipinski definition) is 2. The number of halogens is 1. The van der Waals surface area contributed by atoms with E-state index >= 15 is 0 Å². The highest BCUT2D eigenvalue weighted by Crippen LogP contribution is 2.28. The Bertz CT molecular complexity index is 388. The lowest BCUT2D eigenvalue weighted by molar-refractivity contribution is 0.314. The highest BCUT2D eigenvalue weighted by molar-refractivity contribution is 5.16. The van der Waals surface area contributed by atoms with Crippen molar-refractivity contribution >= 4 is 0 Å². The van der Waals surface area contributed by atoms with E-state index in [4.69, 9.17) is 0 Å². The van der Waals surface area contributed by atoms with Gasteiger partial charge in [0.15, 0.2) is 0 Å². The topological polar surface area (TPSA) is 36.1 Å². The predicted octanol–water partition coefficient (Wildman–Crippen LogP) is 1.28. The number of nitrogens with one attached hydrogen (secondary N) is 1. The molecule has 1 fully saturated rings. The second-order valence-corrected chi connectivity index (χ2v) is 3.74. The smallest absolute Gasteiger partial charge is 0.252 e. The van der Waals surface area contributed by atoms with Crippen molar-refractivity contribution < 1.29 is 4.39 Å². The standard InChI is InChI=1S/C10H13FN2O/c1-13-4-2-3-9(13)8-5-7(11)6-12-10(8)14/h5-6,9H,2-4H2,1H3,(H,12,14). The van der Waals surface area contributed by atoms with Gasteiger partial charge in [0.1, 0.15) is 5.82 Å². The van der Waals surface area contributed by atoms with E-state index in [-0.39, 0.29) is 17.4 Å². The van der Waals surface area contributed by atoms with Gasteiger partial charge in [-0.15, -0.1) is 0 Å². The second-order valence-electron chi connectivity index (χ2n) is 3.74. The van der Waals surface area contributed by atoms with Crippen LogP contribution in [0.5, 0.6) is 0 Å². The maximum absolute atomic E-state index is 12.9. The van der Waals surface area contributed by atoms with E-state index in [9.17, 15) is 9.18 Å². The van der Waals surface area contributed by atoms with E-state index in [0.717, 1.165) is 25.6 Å². The fraction of sp³-hybridized carbons (Fsp3) is 0.500. The third kappa shape index (κ3) is 1.57. The number of nitrogens with zero attached hydrogens (tertiary/aromatic N) is 1. The molecule has 1 atom stereocenters. The average Bonchev–Trinajstić information content (AvgIpc) is 2.56. The molecule has 1 N–H and O–H groups in total. The van der Waals surface area contributed by atoms with Crippen molar-refractivity contribution in [1.82, 2.24) is 9.88 Å². The summed E-state index contributed by atoms with van der Waals surface area (Å²) in [5, 5.41) is 0. The molecule has 2 heterocycles. The van der Waals surface area contributed by atoms with E-state index in [2.05, 4.69) is 9.88 Å². The van der Waals surface area contributed by atoms with Crippen LogP contribution in [0.3, 0.4) is 0 Å². The predicted molar refractivity (Wildman–Crippen MR) is 51.6 cm³/mol. The average molecular weight is 196 g/mol. The minimum absolute atomic E-state index is 0.0782. The van der Waals surface area contributed by atoms with Crippen molar-refractivity contribution in [3.63, 3.8) is 0 Å². The third-order valence-electron chi connectivity index (χ3n) is 2.78. The van der Waals surface area contributed by atoms with Gasteiger partial charge in [-0.1, -0.05) is 0 Å². The van der Waals surface area contributed by atoms with Gasteiger partial charge in [-0.05, 0) is 32.5 Å². The number of pyridine rings is 1. The van der Waals surface area contributed by atoms with Gasteiger partial charge in [0, 0.05) is 17.8 Å². The molecule has 1 saturated heterocycles. The van der Waals surface area contributed by atoms with Crippen molar-refractivity contribution in [3.05, 3.63) is 34.0 Å². The molecule has 0 aliphatic carbocycles. The van der Waals surface area contributed by atoms with E-state index in [1.165, 1.54) is 6.07 Å². The molecule has 0 saturated carbocycles. The Hall–Kier alpha value is -1.16. The summed E-state index contributed by atoms with van der Waals surface area (Å²) in [6, 6.07) is 1.42. The monoisotopic (exact) mass is 196 g/mol. The summed E-state index contributed by atoms with van der Waals surface area (Å²) in [7, 11) is 1.96. The van der Waals surface area contributed by atoms with E-state index in [0.29, 0.717) is 5.56 Å². The molecule has 3 nitrogen and oxygen atoms in total. The molecule has 76 valence electrons. The summed E-state index contributed by atoms with van der Waals surface area (Å²) < 4.78 is 12.9.